The summed E-state index contributed by atoms with van der Waals surface area (Å²) >= 11 is 0. The van der Waals surface area contributed by atoms with E-state index in [2.05, 4.69) is 15.5 Å². The average molecular weight is 293 g/mol. The number of hydrogen-bond donors (Lipinski definition) is 3. The van der Waals surface area contributed by atoms with E-state index in [9.17, 15) is 14.4 Å². The largest absolute Gasteiger partial charge is 0.481 e. The van der Waals surface area contributed by atoms with Crippen molar-refractivity contribution in [3.63, 3.8) is 0 Å². The zero-order valence-electron chi connectivity index (χ0n) is 12.2. The Labute approximate surface area is 121 Å². The third kappa shape index (κ3) is 3.12. The maximum Gasteiger partial charge on any atom is 0.305 e. The van der Waals surface area contributed by atoms with Gasteiger partial charge in [0.05, 0.1) is 17.7 Å². The molecule has 1 saturated carbocycles. The first-order chi connectivity index (χ1) is 9.84. The molecule has 0 atom stereocenters. The number of rotatable bonds is 4. The first-order valence-electron chi connectivity index (χ1n) is 6.95. The van der Waals surface area contributed by atoms with Crippen molar-refractivity contribution < 1.29 is 14.7 Å². The Hall–Kier alpha value is -2.18. The highest BCUT2D eigenvalue weighted by atomic mass is 16.4. The fourth-order valence-corrected chi connectivity index (χ4v) is 2.89. The van der Waals surface area contributed by atoms with Crippen LogP contribution in [0.3, 0.4) is 0 Å². The maximum absolute atomic E-state index is 12.4. The lowest BCUT2D eigenvalue weighted by Gasteiger charge is -2.28. The molecule has 7 heteroatoms. The van der Waals surface area contributed by atoms with Gasteiger partial charge >= 0.3 is 5.97 Å². The van der Waals surface area contributed by atoms with Crippen molar-refractivity contribution in [2.45, 2.75) is 51.5 Å². The Morgan fingerprint density at radius 2 is 1.95 bits per heavy atom. The maximum atomic E-state index is 12.4. The van der Waals surface area contributed by atoms with E-state index in [1.807, 2.05) is 0 Å². The first kappa shape index (κ1) is 15.2. The molecule has 2 rings (SSSR count). The van der Waals surface area contributed by atoms with Crippen molar-refractivity contribution in [1.82, 2.24) is 15.5 Å². The topological polar surface area (TPSA) is 112 Å². The quantitative estimate of drug-likeness (QED) is 0.763. The standard InChI is InChI=1S/C14H19N3O4/c1-8-9(2)16-17-13(21)11(8)12(20)15-14(7-10(18)19)5-3-4-6-14/h3-7H2,1-2H3,(H,15,20)(H,17,21)(H,18,19). The van der Waals surface area contributed by atoms with Crippen LogP contribution in [0.4, 0.5) is 0 Å². The molecule has 0 radical (unpaired) electrons. The minimum absolute atomic E-state index is 0.0131. The summed E-state index contributed by atoms with van der Waals surface area (Å²) in [5.74, 6) is -1.48. The summed E-state index contributed by atoms with van der Waals surface area (Å²) in [4.78, 5) is 35.3. The highest BCUT2D eigenvalue weighted by Gasteiger charge is 2.38. The molecule has 1 heterocycles. The summed E-state index contributed by atoms with van der Waals surface area (Å²) in [6.45, 7) is 3.36. The van der Waals surface area contributed by atoms with Crippen LogP contribution in [0.2, 0.25) is 0 Å². The molecule has 0 saturated heterocycles. The molecule has 0 unspecified atom stereocenters. The summed E-state index contributed by atoms with van der Waals surface area (Å²) in [7, 11) is 0. The van der Waals surface area contributed by atoms with Crippen LogP contribution in [0.5, 0.6) is 0 Å². The monoisotopic (exact) mass is 293 g/mol. The van der Waals surface area contributed by atoms with Crippen molar-refractivity contribution in [3.05, 3.63) is 27.2 Å². The van der Waals surface area contributed by atoms with E-state index < -0.39 is 23.0 Å². The van der Waals surface area contributed by atoms with E-state index in [4.69, 9.17) is 5.11 Å². The molecule has 0 aliphatic heterocycles. The predicted molar refractivity (Wildman–Crippen MR) is 75.2 cm³/mol. The lowest BCUT2D eigenvalue weighted by molar-refractivity contribution is -0.138. The van der Waals surface area contributed by atoms with Gasteiger partial charge in [-0.25, -0.2) is 5.10 Å². The number of carbonyl (C=O) groups excluding carboxylic acids is 1. The van der Waals surface area contributed by atoms with Crippen LogP contribution < -0.4 is 10.9 Å². The van der Waals surface area contributed by atoms with E-state index in [0.29, 0.717) is 24.1 Å². The summed E-state index contributed by atoms with van der Waals surface area (Å²) in [5.41, 5.74) is -0.213. The highest BCUT2D eigenvalue weighted by molar-refractivity contribution is 5.96. The molecule has 114 valence electrons. The second kappa shape index (κ2) is 5.67. The fraction of sp³-hybridized carbons (Fsp3) is 0.571. The molecule has 21 heavy (non-hydrogen) atoms. The SMILES string of the molecule is Cc1n[nH]c(=O)c(C(=O)NC2(CC(=O)O)CCCC2)c1C. The number of carboxylic acids is 1. The number of carbonyl (C=O) groups is 2. The number of aliphatic carboxylic acids is 1. The number of hydrogen-bond acceptors (Lipinski definition) is 4. The average Bonchev–Trinajstić information content (AvgIpc) is 2.81. The molecule has 1 aromatic rings. The van der Waals surface area contributed by atoms with Crippen LogP contribution in [0.1, 0.15) is 53.7 Å². The van der Waals surface area contributed by atoms with Gasteiger partial charge in [0.2, 0.25) is 0 Å². The Morgan fingerprint density at radius 1 is 1.33 bits per heavy atom. The molecule has 0 bridgehead atoms. The van der Waals surface area contributed by atoms with Gasteiger partial charge in [0.1, 0.15) is 5.56 Å². The summed E-state index contributed by atoms with van der Waals surface area (Å²) in [5, 5.41) is 17.9. The van der Waals surface area contributed by atoms with Crippen LogP contribution >= 0.6 is 0 Å². The molecule has 1 amide bonds. The Morgan fingerprint density at radius 3 is 2.52 bits per heavy atom. The van der Waals surface area contributed by atoms with Crippen molar-refractivity contribution >= 4 is 11.9 Å². The molecule has 1 aliphatic rings. The number of carboxylic acid groups (broad SMARTS) is 1. The van der Waals surface area contributed by atoms with Crippen LogP contribution in [-0.4, -0.2) is 32.7 Å². The molecule has 0 aromatic carbocycles. The highest BCUT2D eigenvalue weighted by Crippen LogP contribution is 2.33. The number of H-pyrrole nitrogens is 1. The van der Waals surface area contributed by atoms with Crippen LogP contribution in [0.15, 0.2) is 4.79 Å². The smallest absolute Gasteiger partial charge is 0.305 e. The summed E-state index contributed by atoms with van der Waals surface area (Å²) < 4.78 is 0. The third-order valence-corrected chi connectivity index (χ3v) is 4.13. The van der Waals surface area contributed by atoms with E-state index in [-0.39, 0.29) is 12.0 Å². The third-order valence-electron chi connectivity index (χ3n) is 4.13. The second-order valence-electron chi connectivity index (χ2n) is 5.65. The van der Waals surface area contributed by atoms with Crippen LogP contribution in [0.25, 0.3) is 0 Å². The molecule has 3 N–H and O–H groups in total. The molecule has 0 spiro atoms. The van der Waals surface area contributed by atoms with Gasteiger partial charge in [-0.1, -0.05) is 12.8 Å². The number of nitrogens with one attached hydrogen (secondary N) is 2. The minimum atomic E-state index is -0.950. The zero-order chi connectivity index (χ0) is 15.6. The molecular weight excluding hydrogens is 274 g/mol. The first-order valence-corrected chi connectivity index (χ1v) is 6.95. The number of amides is 1. The van der Waals surface area contributed by atoms with Gasteiger partial charge in [0.15, 0.2) is 0 Å². The van der Waals surface area contributed by atoms with E-state index in [0.717, 1.165) is 12.8 Å². The van der Waals surface area contributed by atoms with E-state index in [1.54, 1.807) is 13.8 Å². The van der Waals surface area contributed by atoms with Gasteiger partial charge in [0.25, 0.3) is 11.5 Å². The zero-order valence-corrected chi connectivity index (χ0v) is 12.2. The normalized spacial score (nSPS) is 16.7. The van der Waals surface area contributed by atoms with Gasteiger partial charge in [0, 0.05) is 0 Å². The molecule has 1 aromatic heterocycles. The van der Waals surface area contributed by atoms with Crippen molar-refractivity contribution in [3.8, 4) is 0 Å². The van der Waals surface area contributed by atoms with Gasteiger partial charge < -0.3 is 10.4 Å². The molecule has 1 fully saturated rings. The molecule has 7 nitrogen and oxygen atoms in total. The fourth-order valence-electron chi connectivity index (χ4n) is 2.89. The van der Waals surface area contributed by atoms with Gasteiger partial charge in [-0.2, -0.15) is 5.10 Å². The Bertz CT molecular complexity index is 630. The predicted octanol–water partition coefficient (Wildman–Crippen LogP) is 0.904. The molecule has 1 aliphatic carbocycles. The van der Waals surface area contributed by atoms with E-state index in [1.165, 1.54) is 0 Å². The van der Waals surface area contributed by atoms with Crippen molar-refractivity contribution in [1.29, 1.82) is 0 Å². The van der Waals surface area contributed by atoms with Gasteiger partial charge in [-0.15, -0.1) is 0 Å². The Balaban J connectivity index is 2.30. The number of aromatic amines is 1. The lowest BCUT2D eigenvalue weighted by atomic mass is 9.92. The Kier molecular flexibility index (Phi) is 4.11. The lowest BCUT2D eigenvalue weighted by Crippen LogP contribution is -2.49. The number of aromatic nitrogens is 2. The number of nitrogens with zero attached hydrogens (tertiary/aromatic N) is 1. The van der Waals surface area contributed by atoms with Crippen LogP contribution in [-0.2, 0) is 4.79 Å². The van der Waals surface area contributed by atoms with Crippen LogP contribution in [0, 0.1) is 13.8 Å². The minimum Gasteiger partial charge on any atom is -0.481 e. The number of aryl methyl sites for hydroxylation is 1. The van der Waals surface area contributed by atoms with Gasteiger partial charge in [-0.05, 0) is 32.3 Å². The van der Waals surface area contributed by atoms with Gasteiger partial charge in [-0.3, -0.25) is 14.4 Å². The second-order valence-corrected chi connectivity index (χ2v) is 5.65. The van der Waals surface area contributed by atoms with E-state index >= 15 is 0 Å². The molecular formula is C14H19N3O4. The summed E-state index contributed by atoms with van der Waals surface area (Å²) in [6, 6.07) is 0. The summed E-state index contributed by atoms with van der Waals surface area (Å²) in [6.07, 6.45) is 2.86. The van der Waals surface area contributed by atoms with Crippen molar-refractivity contribution in [2.24, 2.45) is 0 Å². The van der Waals surface area contributed by atoms with Crippen molar-refractivity contribution in [2.75, 3.05) is 0 Å².